The second-order valence-corrected chi connectivity index (χ2v) is 7.19. The van der Waals surface area contributed by atoms with Gasteiger partial charge in [-0.1, -0.05) is 18.0 Å². The number of rotatable bonds is 10. The summed E-state index contributed by atoms with van der Waals surface area (Å²) in [5.41, 5.74) is 6.42. The summed E-state index contributed by atoms with van der Waals surface area (Å²) in [6.07, 6.45) is 2.66. The Morgan fingerprint density at radius 2 is 2.18 bits per heavy atom. The van der Waals surface area contributed by atoms with Crippen molar-refractivity contribution < 1.29 is 24.2 Å². The number of unbranched alkanes of at least 4 members (excludes halogenated alkanes) is 2. The van der Waals surface area contributed by atoms with Gasteiger partial charge in [0, 0.05) is 32.1 Å². The average Bonchev–Trinajstić information content (AvgIpc) is 2.67. The highest BCUT2D eigenvalue weighted by Crippen LogP contribution is 2.28. The van der Waals surface area contributed by atoms with E-state index < -0.39 is 5.97 Å². The molecule has 0 spiro atoms. The molecule has 1 aromatic carbocycles. The normalized spacial score (nSPS) is 17.3. The molecule has 1 atom stereocenters. The molecule has 1 heterocycles. The van der Waals surface area contributed by atoms with E-state index >= 15 is 0 Å². The molecular weight excluding hydrogens is 386 g/mol. The average molecular weight is 414 g/mol. The zero-order valence-electron chi connectivity index (χ0n) is 16.1. The van der Waals surface area contributed by atoms with E-state index in [9.17, 15) is 9.59 Å². The standard InChI is InChI=1S/C19H28ClN3O5/c1-27-17-10-16(21)15(20)9-14(17)19(26)22-11-13-12-23(7-8-28-13)6-4-2-3-5-18(24)25/h9-10,13H,2-8,11-12,21H2,1H3,(H,22,26)(H,24,25)/t13-/m0/s1. The molecule has 1 amide bonds. The molecule has 28 heavy (non-hydrogen) atoms. The molecule has 0 bridgehead atoms. The van der Waals surface area contributed by atoms with Crippen LogP contribution in [0.1, 0.15) is 36.0 Å². The van der Waals surface area contributed by atoms with Crippen LogP contribution in [-0.4, -0.2) is 67.9 Å². The summed E-state index contributed by atoms with van der Waals surface area (Å²) < 4.78 is 11.0. The quantitative estimate of drug-likeness (QED) is 0.397. The van der Waals surface area contributed by atoms with Crippen LogP contribution in [0.2, 0.25) is 5.02 Å². The van der Waals surface area contributed by atoms with Gasteiger partial charge in [0.2, 0.25) is 0 Å². The van der Waals surface area contributed by atoms with Gasteiger partial charge in [-0.15, -0.1) is 0 Å². The maximum absolute atomic E-state index is 12.5. The summed E-state index contributed by atoms with van der Waals surface area (Å²) in [6.45, 7) is 3.44. The Morgan fingerprint density at radius 1 is 1.39 bits per heavy atom. The summed E-state index contributed by atoms with van der Waals surface area (Å²) in [7, 11) is 1.47. The third-order valence-corrected chi connectivity index (χ3v) is 4.97. The Morgan fingerprint density at radius 3 is 2.89 bits per heavy atom. The van der Waals surface area contributed by atoms with Crippen molar-refractivity contribution in [3.8, 4) is 5.75 Å². The van der Waals surface area contributed by atoms with Crippen molar-refractivity contribution in [1.82, 2.24) is 10.2 Å². The van der Waals surface area contributed by atoms with Crippen molar-refractivity contribution >= 4 is 29.2 Å². The summed E-state index contributed by atoms with van der Waals surface area (Å²) >= 11 is 6.02. The predicted molar refractivity (Wildman–Crippen MR) is 107 cm³/mol. The number of hydrogen-bond acceptors (Lipinski definition) is 6. The van der Waals surface area contributed by atoms with E-state index in [2.05, 4.69) is 10.2 Å². The van der Waals surface area contributed by atoms with Crippen LogP contribution in [0.4, 0.5) is 5.69 Å². The molecule has 0 aromatic heterocycles. The number of benzene rings is 1. The number of anilines is 1. The molecule has 1 saturated heterocycles. The second kappa shape index (κ2) is 11.1. The number of aliphatic carboxylic acids is 1. The topological polar surface area (TPSA) is 114 Å². The van der Waals surface area contributed by atoms with E-state index in [1.165, 1.54) is 19.2 Å². The number of carbonyl (C=O) groups is 2. The molecule has 1 aliphatic heterocycles. The Kier molecular flexibility index (Phi) is 8.82. The largest absolute Gasteiger partial charge is 0.496 e. The van der Waals surface area contributed by atoms with Crippen LogP contribution in [0.3, 0.4) is 0 Å². The maximum atomic E-state index is 12.5. The molecular formula is C19H28ClN3O5. The van der Waals surface area contributed by atoms with E-state index in [0.29, 0.717) is 41.6 Å². The molecule has 4 N–H and O–H groups in total. The third-order valence-electron chi connectivity index (χ3n) is 4.64. The number of morpholine rings is 1. The van der Waals surface area contributed by atoms with Crippen molar-refractivity contribution in [2.24, 2.45) is 0 Å². The van der Waals surface area contributed by atoms with Gasteiger partial charge in [0.1, 0.15) is 5.75 Å². The van der Waals surface area contributed by atoms with E-state index in [-0.39, 0.29) is 18.4 Å². The lowest BCUT2D eigenvalue weighted by atomic mass is 10.1. The van der Waals surface area contributed by atoms with Crippen molar-refractivity contribution in [2.45, 2.75) is 31.8 Å². The van der Waals surface area contributed by atoms with Gasteiger partial charge in [-0.25, -0.2) is 0 Å². The lowest BCUT2D eigenvalue weighted by molar-refractivity contribution is -0.137. The van der Waals surface area contributed by atoms with Crippen LogP contribution in [0.15, 0.2) is 12.1 Å². The van der Waals surface area contributed by atoms with Crippen LogP contribution in [0, 0.1) is 0 Å². The predicted octanol–water partition coefficient (Wildman–Crippen LogP) is 2.01. The van der Waals surface area contributed by atoms with Gasteiger partial charge >= 0.3 is 5.97 Å². The molecule has 0 saturated carbocycles. The maximum Gasteiger partial charge on any atom is 0.303 e. The molecule has 8 nitrogen and oxygen atoms in total. The zero-order chi connectivity index (χ0) is 20.5. The van der Waals surface area contributed by atoms with Gasteiger partial charge in [0.15, 0.2) is 0 Å². The van der Waals surface area contributed by atoms with Crippen LogP contribution < -0.4 is 15.8 Å². The van der Waals surface area contributed by atoms with E-state index in [1.807, 2.05) is 0 Å². The van der Waals surface area contributed by atoms with Gasteiger partial charge in [0.25, 0.3) is 5.91 Å². The smallest absolute Gasteiger partial charge is 0.303 e. The number of nitrogens with two attached hydrogens (primary N) is 1. The van der Waals surface area contributed by atoms with Gasteiger partial charge in [-0.3, -0.25) is 14.5 Å². The number of nitrogen functional groups attached to an aromatic ring is 1. The highest BCUT2D eigenvalue weighted by Gasteiger charge is 2.22. The van der Waals surface area contributed by atoms with Crippen LogP contribution in [-0.2, 0) is 9.53 Å². The fraction of sp³-hybridized carbons (Fsp3) is 0.579. The fourth-order valence-corrected chi connectivity index (χ4v) is 3.28. The first kappa shape index (κ1) is 22.3. The summed E-state index contributed by atoms with van der Waals surface area (Å²) in [6, 6.07) is 3.02. The number of hydrogen-bond donors (Lipinski definition) is 3. The molecule has 1 aliphatic rings. The highest BCUT2D eigenvalue weighted by molar-refractivity contribution is 6.33. The van der Waals surface area contributed by atoms with Gasteiger partial charge in [-0.2, -0.15) is 0 Å². The van der Waals surface area contributed by atoms with E-state index in [0.717, 1.165) is 32.5 Å². The molecule has 0 unspecified atom stereocenters. The number of carbonyl (C=O) groups excluding carboxylic acids is 1. The first-order chi connectivity index (χ1) is 13.4. The SMILES string of the molecule is COc1cc(N)c(Cl)cc1C(=O)NC[C@H]1CN(CCCCCC(=O)O)CCO1. The number of carboxylic acids is 1. The summed E-state index contributed by atoms with van der Waals surface area (Å²) in [5.74, 6) is -0.679. The van der Waals surface area contributed by atoms with Gasteiger partial charge in [0.05, 0.1) is 36.1 Å². The molecule has 1 fully saturated rings. The Balaban J connectivity index is 1.78. The minimum absolute atomic E-state index is 0.105. The number of nitrogens with zero attached hydrogens (tertiary/aromatic N) is 1. The highest BCUT2D eigenvalue weighted by atomic mass is 35.5. The lowest BCUT2D eigenvalue weighted by Gasteiger charge is -2.33. The number of methoxy groups -OCH3 is 1. The number of halogens is 1. The summed E-state index contributed by atoms with van der Waals surface area (Å²) in [4.78, 5) is 25.3. The van der Waals surface area contributed by atoms with Crippen molar-refractivity contribution in [3.05, 3.63) is 22.7 Å². The number of carboxylic acid groups (broad SMARTS) is 1. The number of nitrogens with one attached hydrogen (secondary N) is 1. The monoisotopic (exact) mass is 413 g/mol. The third kappa shape index (κ3) is 6.85. The number of ether oxygens (including phenoxy) is 2. The van der Waals surface area contributed by atoms with Crippen LogP contribution in [0.5, 0.6) is 5.75 Å². The lowest BCUT2D eigenvalue weighted by Crippen LogP contribution is -2.47. The van der Waals surface area contributed by atoms with E-state index in [1.54, 1.807) is 0 Å². The first-order valence-corrected chi connectivity index (χ1v) is 9.75. The van der Waals surface area contributed by atoms with Crippen molar-refractivity contribution in [3.63, 3.8) is 0 Å². The zero-order valence-corrected chi connectivity index (χ0v) is 16.8. The molecule has 1 aromatic rings. The fourth-order valence-electron chi connectivity index (χ4n) is 3.11. The molecule has 156 valence electrons. The second-order valence-electron chi connectivity index (χ2n) is 6.78. The van der Waals surface area contributed by atoms with Crippen molar-refractivity contribution in [2.75, 3.05) is 45.6 Å². The Bertz CT molecular complexity index is 686. The summed E-state index contributed by atoms with van der Waals surface area (Å²) in [5, 5.41) is 11.8. The van der Waals surface area contributed by atoms with E-state index in [4.69, 9.17) is 31.9 Å². The van der Waals surface area contributed by atoms with Crippen LogP contribution >= 0.6 is 11.6 Å². The Labute approximate surface area is 169 Å². The molecule has 0 aliphatic carbocycles. The Hall–Kier alpha value is -2.03. The van der Waals surface area contributed by atoms with Crippen molar-refractivity contribution in [1.29, 1.82) is 0 Å². The first-order valence-electron chi connectivity index (χ1n) is 9.37. The molecule has 2 rings (SSSR count). The van der Waals surface area contributed by atoms with Crippen LogP contribution in [0.25, 0.3) is 0 Å². The van der Waals surface area contributed by atoms with Gasteiger partial charge < -0.3 is 25.6 Å². The minimum atomic E-state index is -0.749. The van der Waals surface area contributed by atoms with Gasteiger partial charge in [-0.05, 0) is 25.5 Å². The molecule has 9 heteroatoms. The number of amides is 1. The molecule has 0 radical (unpaired) electrons. The minimum Gasteiger partial charge on any atom is -0.496 e.